The van der Waals surface area contributed by atoms with Gasteiger partial charge in [-0.05, 0) is 42.3 Å². The molecule has 100 valence electrons. The molecule has 0 spiro atoms. The summed E-state index contributed by atoms with van der Waals surface area (Å²) in [7, 11) is 0. The number of hydrogen-bond acceptors (Lipinski definition) is 1. The van der Waals surface area contributed by atoms with Gasteiger partial charge >= 0.3 is 0 Å². The molecule has 0 bridgehead atoms. The van der Waals surface area contributed by atoms with Crippen molar-refractivity contribution in [3.8, 4) is 0 Å². The van der Waals surface area contributed by atoms with Gasteiger partial charge in [0.1, 0.15) is 11.6 Å². The van der Waals surface area contributed by atoms with Crippen molar-refractivity contribution in [1.29, 1.82) is 0 Å². The standard InChI is InChI=1S/C15H14ClF2N/c1-2-15(10-4-3-5-11(17)8-10)19-12-6-7-14(18)13(16)9-12/h3-9,15,19H,2H2,1H3. The van der Waals surface area contributed by atoms with Gasteiger partial charge in [-0.25, -0.2) is 8.78 Å². The van der Waals surface area contributed by atoms with Crippen molar-refractivity contribution >= 4 is 17.3 Å². The van der Waals surface area contributed by atoms with Crippen molar-refractivity contribution in [2.24, 2.45) is 0 Å². The molecule has 0 saturated heterocycles. The van der Waals surface area contributed by atoms with Gasteiger partial charge in [0.15, 0.2) is 0 Å². The molecule has 1 nitrogen and oxygen atoms in total. The first-order valence-corrected chi connectivity index (χ1v) is 6.45. The molecule has 0 fully saturated rings. The van der Waals surface area contributed by atoms with Crippen molar-refractivity contribution in [3.63, 3.8) is 0 Å². The van der Waals surface area contributed by atoms with Crippen molar-refractivity contribution in [2.45, 2.75) is 19.4 Å². The average Bonchev–Trinajstić information content (AvgIpc) is 2.40. The monoisotopic (exact) mass is 281 g/mol. The molecule has 0 aliphatic heterocycles. The summed E-state index contributed by atoms with van der Waals surface area (Å²) >= 11 is 5.74. The first-order chi connectivity index (χ1) is 9.10. The third kappa shape index (κ3) is 3.44. The zero-order valence-electron chi connectivity index (χ0n) is 10.5. The summed E-state index contributed by atoms with van der Waals surface area (Å²) in [5.74, 6) is -0.721. The molecule has 1 N–H and O–H groups in total. The Hall–Kier alpha value is -1.61. The minimum absolute atomic E-state index is 0.0442. The number of anilines is 1. The van der Waals surface area contributed by atoms with Gasteiger partial charge < -0.3 is 5.32 Å². The molecule has 4 heteroatoms. The van der Waals surface area contributed by atoms with Gasteiger partial charge in [0, 0.05) is 5.69 Å². The highest BCUT2D eigenvalue weighted by Gasteiger charge is 2.10. The lowest BCUT2D eigenvalue weighted by atomic mass is 10.0. The maximum atomic E-state index is 13.2. The van der Waals surface area contributed by atoms with Crippen LogP contribution in [0.2, 0.25) is 5.02 Å². The topological polar surface area (TPSA) is 12.0 Å². The minimum Gasteiger partial charge on any atom is -0.378 e. The molecule has 19 heavy (non-hydrogen) atoms. The van der Waals surface area contributed by atoms with E-state index >= 15 is 0 Å². The van der Waals surface area contributed by atoms with Crippen molar-refractivity contribution < 1.29 is 8.78 Å². The molecule has 0 radical (unpaired) electrons. The smallest absolute Gasteiger partial charge is 0.141 e. The van der Waals surface area contributed by atoms with Crippen LogP contribution in [0.5, 0.6) is 0 Å². The highest BCUT2D eigenvalue weighted by molar-refractivity contribution is 6.31. The van der Waals surface area contributed by atoms with Crippen LogP contribution in [-0.2, 0) is 0 Å². The lowest BCUT2D eigenvalue weighted by Crippen LogP contribution is -2.10. The second kappa shape index (κ2) is 6.02. The molecule has 0 heterocycles. The Kier molecular flexibility index (Phi) is 4.38. The fourth-order valence-corrected chi connectivity index (χ4v) is 2.11. The predicted octanol–water partition coefficient (Wildman–Crippen LogP) is 5.18. The Morgan fingerprint density at radius 1 is 1.16 bits per heavy atom. The second-order valence-corrected chi connectivity index (χ2v) is 4.70. The van der Waals surface area contributed by atoms with Gasteiger partial charge in [-0.1, -0.05) is 30.7 Å². The Morgan fingerprint density at radius 2 is 1.95 bits per heavy atom. The zero-order valence-corrected chi connectivity index (χ0v) is 11.2. The van der Waals surface area contributed by atoms with Gasteiger partial charge in [0.2, 0.25) is 0 Å². The van der Waals surface area contributed by atoms with E-state index in [-0.39, 0.29) is 16.9 Å². The van der Waals surface area contributed by atoms with Crippen LogP contribution >= 0.6 is 11.6 Å². The van der Waals surface area contributed by atoms with E-state index in [2.05, 4.69) is 5.32 Å². The molecule has 2 aromatic carbocycles. The highest BCUT2D eigenvalue weighted by Crippen LogP contribution is 2.26. The second-order valence-electron chi connectivity index (χ2n) is 4.29. The molecule has 0 saturated carbocycles. The maximum absolute atomic E-state index is 13.2. The molecular weight excluding hydrogens is 268 g/mol. The largest absolute Gasteiger partial charge is 0.378 e. The molecule has 1 atom stereocenters. The first-order valence-electron chi connectivity index (χ1n) is 6.07. The third-order valence-electron chi connectivity index (χ3n) is 2.92. The number of hydrogen-bond donors (Lipinski definition) is 1. The average molecular weight is 282 g/mol. The van der Waals surface area contributed by atoms with Crippen LogP contribution in [0.4, 0.5) is 14.5 Å². The summed E-state index contributed by atoms with van der Waals surface area (Å²) in [6, 6.07) is 10.8. The van der Waals surface area contributed by atoms with Crippen molar-refractivity contribution in [3.05, 3.63) is 64.7 Å². The quantitative estimate of drug-likeness (QED) is 0.814. The van der Waals surface area contributed by atoms with E-state index in [9.17, 15) is 8.78 Å². The van der Waals surface area contributed by atoms with E-state index in [1.54, 1.807) is 12.1 Å². The van der Waals surface area contributed by atoms with Gasteiger partial charge in [0.05, 0.1) is 11.1 Å². The van der Waals surface area contributed by atoms with Crippen LogP contribution in [0.3, 0.4) is 0 Å². The van der Waals surface area contributed by atoms with Gasteiger partial charge in [-0.2, -0.15) is 0 Å². The molecular formula is C15H14ClF2N. The van der Waals surface area contributed by atoms with Crippen LogP contribution in [0.15, 0.2) is 42.5 Å². The van der Waals surface area contributed by atoms with Gasteiger partial charge in [-0.15, -0.1) is 0 Å². The SMILES string of the molecule is CCC(Nc1ccc(F)c(Cl)c1)c1cccc(F)c1. The predicted molar refractivity (Wildman–Crippen MR) is 74.5 cm³/mol. The summed E-state index contributed by atoms with van der Waals surface area (Å²) in [5, 5.41) is 3.29. The Labute approximate surface area is 116 Å². The van der Waals surface area contributed by atoms with Gasteiger partial charge in [-0.3, -0.25) is 0 Å². The maximum Gasteiger partial charge on any atom is 0.141 e. The van der Waals surface area contributed by atoms with Crippen molar-refractivity contribution in [1.82, 2.24) is 0 Å². The van der Waals surface area contributed by atoms with E-state index in [0.717, 1.165) is 12.0 Å². The summed E-state index contributed by atoms with van der Waals surface area (Å²) in [6.45, 7) is 1.99. The normalized spacial score (nSPS) is 12.2. The summed E-state index contributed by atoms with van der Waals surface area (Å²) in [5.41, 5.74) is 1.56. The summed E-state index contributed by atoms with van der Waals surface area (Å²) in [4.78, 5) is 0. The molecule has 0 aromatic heterocycles. The fourth-order valence-electron chi connectivity index (χ4n) is 1.93. The Morgan fingerprint density at radius 3 is 2.58 bits per heavy atom. The van der Waals surface area contributed by atoms with E-state index in [4.69, 9.17) is 11.6 Å². The molecule has 0 amide bonds. The Bertz CT molecular complexity index is 572. The zero-order chi connectivity index (χ0) is 13.8. The molecule has 2 rings (SSSR count). The summed E-state index contributed by atoms with van der Waals surface area (Å²) in [6.07, 6.45) is 0.776. The number of nitrogens with one attached hydrogen (secondary N) is 1. The van der Waals surface area contributed by atoms with E-state index in [1.165, 1.54) is 24.3 Å². The van der Waals surface area contributed by atoms with Crippen LogP contribution in [-0.4, -0.2) is 0 Å². The summed E-state index contributed by atoms with van der Waals surface area (Å²) < 4.78 is 26.3. The van der Waals surface area contributed by atoms with Crippen LogP contribution < -0.4 is 5.32 Å². The minimum atomic E-state index is -0.453. The third-order valence-corrected chi connectivity index (χ3v) is 3.21. The highest BCUT2D eigenvalue weighted by atomic mass is 35.5. The Balaban J connectivity index is 2.21. The number of halogens is 3. The number of benzene rings is 2. The molecule has 0 aliphatic carbocycles. The molecule has 2 aromatic rings. The van der Waals surface area contributed by atoms with E-state index < -0.39 is 5.82 Å². The lowest BCUT2D eigenvalue weighted by molar-refractivity contribution is 0.620. The van der Waals surface area contributed by atoms with Gasteiger partial charge in [0.25, 0.3) is 0 Å². The van der Waals surface area contributed by atoms with Crippen LogP contribution in [0, 0.1) is 11.6 Å². The molecule has 0 aliphatic rings. The van der Waals surface area contributed by atoms with E-state index in [0.29, 0.717) is 5.69 Å². The van der Waals surface area contributed by atoms with Crippen molar-refractivity contribution in [2.75, 3.05) is 5.32 Å². The first kappa shape index (κ1) is 13.8. The lowest BCUT2D eigenvalue weighted by Gasteiger charge is -2.19. The van der Waals surface area contributed by atoms with Crippen LogP contribution in [0.1, 0.15) is 24.9 Å². The molecule has 1 unspecified atom stereocenters. The van der Waals surface area contributed by atoms with Crippen LogP contribution in [0.25, 0.3) is 0 Å². The fraction of sp³-hybridized carbons (Fsp3) is 0.200. The number of rotatable bonds is 4. The van der Waals surface area contributed by atoms with E-state index in [1.807, 2.05) is 13.0 Å².